The molecule has 0 aliphatic rings. The maximum Gasteiger partial charge on any atom is 0.191 e. The second-order valence-electron chi connectivity index (χ2n) is 7.11. The first-order valence-electron chi connectivity index (χ1n) is 10.8. The van der Waals surface area contributed by atoms with E-state index in [4.69, 9.17) is 4.99 Å². The largest absolute Gasteiger partial charge is 0.357 e. The summed E-state index contributed by atoms with van der Waals surface area (Å²) in [5.41, 5.74) is 3.74. The summed E-state index contributed by atoms with van der Waals surface area (Å²) in [6, 6.07) is 0.406. The summed E-state index contributed by atoms with van der Waals surface area (Å²) in [6.45, 7) is 18.1. The van der Waals surface area contributed by atoms with Crippen molar-refractivity contribution in [3.8, 4) is 0 Å². The highest BCUT2D eigenvalue weighted by molar-refractivity contribution is 14.0. The Hall–Kier alpha value is -0.830. The minimum absolute atomic E-state index is 0. The Kier molecular flexibility index (Phi) is 14.6. The predicted octanol–water partition coefficient (Wildman–Crippen LogP) is 3.73. The molecule has 1 unspecified atom stereocenters. The van der Waals surface area contributed by atoms with E-state index in [0.717, 1.165) is 44.9 Å². The molecule has 0 spiro atoms. The monoisotopic (exact) mass is 506 g/mol. The first-order valence-corrected chi connectivity index (χ1v) is 10.8. The smallest absolute Gasteiger partial charge is 0.191 e. The molecule has 0 radical (unpaired) electrons. The molecule has 1 heterocycles. The van der Waals surface area contributed by atoms with Gasteiger partial charge in [0.2, 0.25) is 0 Å². The van der Waals surface area contributed by atoms with E-state index in [1.807, 2.05) is 11.7 Å². The summed E-state index contributed by atoms with van der Waals surface area (Å²) in [6.07, 6.45) is 4.29. The number of nitrogens with zero attached hydrogens (tertiary/aromatic N) is 4. The quantitative estimate of drug-likeness (QED) is 0.258. The van der Waals surface area contributed by atoms with Crippen LogP contribution in [-0.2, 0) is 26.4 Å². The third-order valence-electron chi connectivity index (χ3n) is 5.16. The zero-order chi connectivity index (χ0) is 20.2. The van der Waals surface area contributed by atoms with Gasteiger partial charge in [0.15, 0.2) is 5.96 Å². The van der Waals surface area contributed by atoms with E-state index in [-0.39, 0.29) is 24.0 Å². The Bertz CT molecular complexity index is 565. The first-order chi connectivity index (χ1) is 13.0. The van der Waals surface area contributed by atoms with E-state index in [1.54, 1.807) is 0 Å². The van der Waals surface area contributed by atoms with Crippen molar-refractivity contribution >= 4 is 29.9 Å². The Morgan fingerprint density at radius 3 is 2.36 bits per heavy atom. The van der Waals surface area contributed by atoms with Gasteiger partial charge in [-0.25, -0.2) is 4.99 Å². The van der Waals surface area contributed by atoms with Crippen LogP contribution >= 0.6 is 24.0 Å². The van der Waals surface area contributed by atoms with Gasteiger partial charge in [0.1, 0.15) is 0 Å². The summed E-state index contributed by atoms with van der Waals surface area (Å²) in [7, 11) is 2.03. The van der Waals surface area contributed by atoms with E-state index in [2.05, 4.69) is 62.2 Å². The molecule has 1 aromatic heterocycles. The zero-order valence-electron chi connectivity index (χ0n) is 19.1. The van der Waals surface area contributed by atoms with Crippen LogP contribution in [0.2, 0.25) is 0 Å². The number of aliphatic imine (C=N–C) groups is 1. The summed E-state index contributed by atoms with van der Waals surface area (Å²) in [5.74, 6) is 0.904. The van der Waals surface area contributed by atoms with Gasteiger partial charge in [-0.15, -0.1) is 24.0 Å². The Morgan fingerprint density at radius 1 is 1.14 bits per heavy atom. The maximum atomic E-state index is 4.86. The third kappa shape index (κ3) is 8.68. The molecule has 2 N–H and O–H groups in total. The number of aromatic nitrogens is 2. The van der Waals surface area contributed by atoms with Gasteiger partial charge < -0.3 is 15.5 Å². The van der Waals surface area contributed by atoms with Crippen LogP contribution in [0.25, 0.3) is 0 Å². The fraction of sp³-hybridized carbons (Fsp3) is 0.810. The molecule has 0 saturated carbocycles. The number of hydrogen-bond acceptors (Lipinski definition) is 3. The van der Waals surface area contributed by atoms with Crippen LogP contribution in [0, 0.1) is 0 Å². The van der Waals surface area contributed by atoms with E-state index in [0.29, 0.717) is 12.6 Å². The standard InChI is InChI=1S/C21H42N6.HI/c1-8-19-18(20(9-2)26(7)25-19)16-23-21(22-10-3)24-17(6)14-13-15-27(11-4)12-5;/h17H,8-16H2,1-7H3,(H2,22,23,24);1H. The second kappa shape index (κ2) is 15.1. The summed E-state index contributed by atoms with van der Waals surface area (Å²) in [4.78, 5) is 7.34. The highest BCUT2D eigenvalue weighted by Gasteiger charge is 2.14. The molecule has 0 aromatic carbocycles. The van der Waals surface area contributed by atoms with Gasteiger partial charge in [0, 0.05) is 30.9 Å². The lowest BCUT2D eigenvalue weighted by Gasteiger charge is -2.21. The van der Waals surface area contributed by atoms with Crippen LogP contribution in [0.5, 0.6) is 0 Å². The van der Waals surface area contributed by atoms with Crippen LogP contribution in [-0.4, -0.2) is 52.9 Å². The van der Waals surface area contributed by atoms with Crippen molar-refractivity contribution in [2.75, 3.05) is 26.2 Å². The van der Waals surface area contributed by atoms with Crippen molar-refractivity contribution in [3.63, 3.8) is 0 Å². The van der Waals surface area contributed by atoms with E-state index < -0.39 is 0 Å². The number of aryl methyl sites for hydroxylation is 2. The number of guanidine groups is 1. The number of halogens is 1. The van der Waals surface area contributed by atoms with Gasteiger partial charge in [0.25, 0.3) is 0 Å². The summed E-state index contributed by atoms with van der Waals surface area (Å²) < 4.78 is 2.01. The van der Waals surface area contributed by atoms with Crippen LogP contribution in [0.1, 0.15) is 71.3 Å². The van der Waals surface area contributed by atoms with Crippen molar-refractivity contribution < 1.29 is 0 Å². The second-order valence-corrected chi connectivity index (χ2v) is 7.11. The van der Waals surface area contributed by atoms with Crippen LogP contribution < -0.4 is 10.6 Å². The fourth-order valence-electron chi connectivity index (χ4n) is 3.52. The number of rotatable bonds is 12. The third-order valence-corrected chi connectivity index (χ3v) is 5.16. The van der Waals surface area contributed by atoms with Crippen LogP contribution in [0.3, 0.4) is 0 Å². The molecular formula is C21H43IN6. The highest BCUT2D eigenvalue weighted by Crippen LogP contribution is 2.16. The van der Waals surface area contributed by atoms with Gasteiger partial charge in [-0.3, -0.25) is 4.68 Å². The average molecular weight is 507 g/mol. The van der Waals surface area contributed by atoms with Gasteiger partial charge in [-0.1, -0.05) is 27.7 Å². The molecule has 164 valence electrons. The van der Waals surface area contributed by atoms with Crippen molar-refractivity contribution in [2.45, 2.75) is 79.8 Å². The molecule has 0 aliphatic heterocycles. The lowest BCUT2D eigenvalue weighted by atomic mass is 10.1. The highest BCUT2D eigenvalue weighted by atomic mass is 127. The molecule has 0 saturated heterocycles. The van der Waals surface area contributed by atoms with Gasteiger partial charge >= 0.3 is 0 Å². The molecule has 7 heteroatoms. The first kappa shape index (κ1) is 27.2. The molecule has 6 nitrogen and oxygen atoms in total. The molecule has 1 rings (SSSR count). The summed E-state index contributed by atoms with van der Waals surface area (Å²) >= 11 is 0. The van der Waals surface area contributed by atoms with E-state index in [9.17, 15) is 0 Å². The van der Waals surface area contributed by atoms with Crippen LogP contribution in [0.15, 0.2) is 4.99 Å². The van der Waals surface area contributed by atoms with Crippen LogP contribution in [0.4, 0.5) is 0 Å². The summed E-state index contributed by atoms with van der Waals surface area (Å²) in [5, 5.41) is 11.6. The zero-order valence-corrected chi connectivity index (χ0v) is 21.5. The topological polar surface area (TPSA) is 57.5 Å². The number of nitrogens with one attached hydrogen (secondary N) is 2. The lowest BCUT2D eigenvalue weighted by Crippen LogP contribution is -2.42. The maximum absolute atomic E-state index is 4.86. The van der Waals surface area contributed by atoms with Crippen molar-refractivity contribution in [1.82, 2.24) is 25.3 Å². The molecule has 1 aromatic rings. The van der Waals surface area contributed by atoms with Crippen molar-refractivity contribution in [1.29, 1.82) is 0 Å². The molecule has 28 heavy (non-hydrogen) atoms. The molecule has 0 bridgehead atoms. The van der Waals surface area contributed by atoms with Gasteiger partial charge in [0.05, 0.1) is 12.2 Å². The van der Waals surface area contributed by atoms with E-state index >= 15 is 0 Å². The Morgan fingerprint density at radius 2 is 1.82 bits per heavy atom. The average Bonchev–Trinajstić information content (AvgIpc) is 2.98. The molecule has 0 fully saturated rings. The minimum atomic E-state index is 0. The predicted molar refractivity (Wildman–Crippen MR) is 132 cm³/mol. The molecular weight excluding hydrogens is 463 g/mol. The molecule has 0 amide bonds. The lowest BCUT2D eigenvalue weighted by molar-refractivity contribution is 0.292. The molecule has 0 aliphatic carbocycles. The number of hydrogen-bond donors (Lipinski definition) is 2. The van der Waals surface area contributed by atoms with Gasteiger partial charge in [-0.05, 0) is 59.2 Å². The van der Waals surface area contributed by atoms with Gasteiger partial charge in [-0.2, -0.15) is 5.10 Å². The fourth-order valence-corrected chi connectivity index (χ4v) is 3.52. The minimum Gasteiger partial charge on any atom is -0.357 e. The van der Waals surface area contributed by atoms with E-state index in [1.165, 1.54) is 29.9 Å². The molecule has 1 atom stereocenters. The van der Waals surface area contributed by atoms with Crippen molar-refractivity contribution in [2.24, 2.45) is 12.0 Å². The Labute approximate surface area is 190 Å². The SMILES string of the molecule is CCNC(=NCc1c(CC)nn(C)c1CC)NC(C)CCCN(CC)CC.I. The Balaban J connectivity index is 0.00000729. The van der Waals surface area contributed by atoms with Crippen molar-refractivity contribution in [3.05, 3.63) is 17.0 Å². The normalized spacial score (nSPS) is 12.8.